The van der Waals surface area contributed by atoms with Gasteiger partial charge < -0.3 is 20.2 Å². The number of carbonyl (C=O) groups excluding carboxylic acids is 1. The number of halogens is 1. The average Bonchev–Trinajstić information content (AvgIpc) is 2.56. The average molecular weight is 355 g/mol. The fourth-order valence-electron chi connectivity index (χ4n) is 2.25. The maximum atomic E-state index is 11.9. The monoisotopic (exact) mass is 354 g/mol. The fraction of sp³-hybridized carbons (Fsp3) is 0.412. The molecule has 132 valence electrons. The Morgan fingerprint density at radius 1 is 1.33 bits per heavy atom. The van der Waals surface area contributed by atoms with Gasteiger partial charge in [-0.1, -0.05) is 19.8 Å². The molecule has 0 saturated heterocycles. The highest BCUT2D eigenvalue weighted by atomic mass is 35.5. The number of ether oxygens (including phenoxy) is 1. The van der Waals surface area contributed by atoms with E-state index in [1.807, 2.05) is 0 Å². The Kier molecular flexibility index (Phi) is 8.29. The van der Waals surface area contributed by atoms with Crippen molar-refractivity contribution in [1.82, 2.24) is 5.32 Å². The molecule has 0 bridgehead atoms. The number of hydrogen-bond donors (Lipinski definition) is 2. The van der Waals surface area contributed by atoms with E-state index in [0.717, 1.165) is 24.6 Å². The molecular weight excluding hydrogens is 332 g/mol. The van der Waals surface area contributed by atoms with Crippen molar-refractivity contribution in [1.29, 1.82) is 0 Å². The Labute approximate surface area is 146 Å². The number of amides is 1. The molecule has 1 aromatic carbocycles. The van der Waals surface area contributed by atoms with E-state index in [1.54, 1.807) is 24.3 Å². The van der Waals surface area contributed by atoms with Crippen LogP contribution in [0.15, 0.2) is 39.5 Å². The van der Waals surface area contributed by atoms with Crippen LogP contribution < -0.4 is 21.4 Å². The van der Waals surface area contributed by atoms with Gasteiger partial charge in [-0.2, -0.15) is 0 Å². The standard InChI is InChI=1S/C17H22N2O4.ClH/c1-2-3-4-13(10-18)19-16(20)11-22-14-7-5-12-6-8-17(21)23-15(12)9-14;/h5-9,13H,2-4,10-11,18H2,1H3,(H,19,20);1H. The molecular formula is C17H23ClN2O4. The summed E-state index contributed by atoms with van der Waals surface area (Å²) in [6.07, 6.45) is 2.94. The topological polar surface area (TPSA) is 94.6 Å². The van der Waals surface area contributed by atoms with Gasteiger partial charge in [0.2, 0.25) is 0 Å². The third-order valence-electron chi connectivity index (χ3n) is 3.52. The Hall–Kier alpha value is -2.05. The van der Waals surface area contributed by atoms with Crippen LogP contribution in [0.3, 0.4) is 0 Å². The van der Waals surface area contributed by atoms with Gasteiger partial charge in [-0.25, -0.2) is 4.79 Å². The van der Waals surface area contributed by atoms with Crippen LogP contribution in [0.2, 0.25) is 0 Å². The summed E-state index contributed by atoms with van der Waals surface area (Å²) in [7, 11) is 0. The molecule has 0 spiro atoms. The van der Waals surface area contributed by atoms with Gasteiger partial charge in [0, 0.05) is 30.1 Å². The first-order chi connectivity index (χ1) is 11.1. The summed E-state index contributed by atoms with van der Waals surface area (Å²) >= 11 is 0. The van der Waals surface area contributed by atoms with Crippen molar-refractivity contribution >= 4 is 29.3 Å². The second kappa shape index (κ2) is 9.95. The molecule has 0 radical (unpaired) electrons. The van der Waals surface area contributed by atoms with Crippen molar-refractivity contribution in [3.63, 3.8) is 0 Å². The summed E-state index contributed by atoms with van der Waals surface area (Å²) in [6, 6.07) is 8.11. The normalized spacial score (nSPS) is 11.6. The van der Waals surface area contributed by atoms with Crippen molar-refractivity contribution in [2.45, 2.75) is 32.2 Å². The van der Waals surface area contributed by atoms with E-state index in [-0.39, 0.29) is 31.0 Å². The first-order valence-electron chi connectivity index (χ1n) is 7.78. The zero-order valence-corrected chi connectivity index (χ0v) is 14.4. The van der Waals surface area contributed by atoms with Crippen LogP contribution in [0.4, 0.5) is 0 Å². The number of hydrogen-bond acceptors (Lipinski definition) is 5. The van der Waals surface area contributed by atoms with E-state index in [4.69, 9.17) is 14.9 Å². The highest BCUT2D eigenvalue weighted by molar-refractivity contribution is 5.85. The predicted molar refractivity (Wildman–Crippen MR) is 95.7 cm³/mol. The first kappa shape index (κ1) is 20.0. The number of benzene rings is 1. The van der Waals surface area contributed by atoms with Gasteiger partial charge >= 0.3 is 5.63 Å². The van der Waals surface area contributed by atoms with E-state index in [9.17, 15) is 9.59 Å². The Morgan fingerprint density at radius 2 is 2.08 bits per heavy atom. The van der Waals surface area contributed by atoms with Gasteiger partial charge in [-0.15, -0.1) is 12.4 Å². The summed E-state index contributed by atoms with van der Waals surface area (Å²) in [4.78, 5) is 23.1. The zero-order valence-electron chi connectivity index (χ0n) is 13.6. The van der Waals surface area contributed by atoms with Crippen molar-refractivity contribution in [2.24, 2.45) is 5.73 Å². The minimum Gasteiger partial charge on any atom is -0.484 e. The van der Waals surface area contributed by atoms with Gasteiger partial charge in [0.1, 0.15) is 11.3 Å². The second-order valence-electron chi connectivity index (χ2n) is 5.39. The summed E-state index contributed by atoms with van der Waals surface area (Å²) in [5.74, 6) is 0.256. The number of nitrogens with one attached hydrogen (secondary N) is 1. The first-order valence-corrected chi connectivity index (χ1v) is 7.78. The van der Waals surface area contributed by atoms with E-state index in [0.29, 0.717) is 17.9 Å². The van der Waals surface area contributed by atoms with Crippen LogP contribution in [-0.2, 0) is 4.79 Å². The van der Waals surface area contributed by atoms with E-state index in [2.05, 4.69) is 12.2 Å². The summed E-state index contributed by atoms with van der Waals surface area (Å²) in [5.41, 5.74) is 5.65. The predicted octanol–water partition coefficient (Wildman–Crippen LogP) is 2.23. The van der Waals surface area contributed by atoms with E-state index in [1.165, 1.54) is 6.07 Å². The molecule has 0 aliphatic carbocycles. The number of rotatable bonds is 8. The third kappa shape index (κ3) is 5.86. The molecule has 6 nitrogen and oxygen atoms in total. The Balaban J connectivity index is 0.00000288. The summed E-state index contributed by atoms with van der Waals surface area (Å²) < 4.78 is 10.5. The maximum absolute atomic E-state index is 11.9. The van der Waals surface area contributed by atoms with Crippen molar-refractivity contribution < 1.29 is 13.9 Å². The highest BCUT2D eigenvalue weighted by Crippen LogP contribution is 2.19. The van der Waals surface area contributed by atoms with Crippen LogP contribution >= 0.6 is 12.4 Å². The lowest BCUT2D eigenvalue weighted by atomic mass is 10.1. The van der Waals surface area contributed by atoms with Crippen LogP contribution in [0.1, 0.15) is 26.2 Å². The van der Waals surface area contributed by atoms with Gasteiger partial charge in [0.05, 0.1) is 0 Å². The SMILES string of the molecule is CCCCC(CN)NC(=O)COc1ccc2ccc(=O)oc2c1.Cl. The molecule has 2 rings (SSSR count). The molecule has 1 aromatic heterocycles. The molecule has 0 aliphatic heterocycles. The number of fused-ring (bicyclic) bond motifs is 1. The van der Waals surface area contributed by atoms with Crippen LogP contribution in [-0.4, -0.2) is 25.1 Å². The molecule has 0 fully saturated rings. The lowest BCUT2D eigenvalue weighted by Crippen LogP contribution is -2.42. The second-order valence-corrected chi connectivity index (χ2v) is 5.39. The van der Waals surface area contributed by atoms with E-state index < -0.39 is 5.63 Å². The van der Waals surface area contributed by atoms with Gasteiger partial charge in [-0.05, 0) is 24.6 Å². The smallest absolute Gasteiger partial charge is 0.336 e. The Bertz CT molecular complexity index is 717. The number of nitrogens with two attached hydrogens (primary N) is 1. The molecule has 7 heteroatoms. The largest absolute Gasteiger partial charge is 0.484 e. The molecule has 0 saturated carbocycles. The molecule has 1 heterocycles. The van der Waals surface area contributed by atoms with Crippen molar-refractivity contribution in [2.75, 3.05) is 13.2 Å². The highest BCUT2D eigenvalue weighted by Gasteiger charge is 2.11. The molecule has 1 atom stereocenters. The Morgan fingerprint density at radius 3 is 2.79 bits per heavy atom. The number of carbonyl (C=O) groups is 1. The lowest BCUT2D eigenvalue weighted by molar-refractivity contribution is -0.123. The minimum atomic E-state index is -0.422. The summed E-state index contributed by atoms with van der Waals surface area (Å²) in [5, 5.41) is 3.65. The molecule has 1 unspecified atom stereocenters. The van der Waals surface area contributed by atoms with Crippen LogP contribution in [0.5, 0.6) is 5.75 Å². The summed E-state index contributed by atoms with van der Waals surface area (Å²) in [6.45, 7) is 2.40. The fourth-order valence-corrected chi connectivity index (χ4v) is 2.25. The maximum Gasteiger partial charge on any atom is 0.336 e. The molecule has 24 heavy (non-hydrogen) atoms. The van der Waals surface area contributed by atoms with E-state index >= 15 is 0 Å². The third-order valence-corrected chi connectivity index (χ3v) is 3.52. The molecule has 1 amide bonds. The van der Waals surface area contributed by atoms with Crippen LogP contribution in [0.25, 0.3) is 11.0 Å². The van der Waals surface area contributed by atoms with Crippen molar-refractivity contribution in [3.8, 4) is 5.75 Å². The van der Waals surface area contributed by atoms with Gasteiger partial charge in [-0.3, -0.25) is 4.79 Å². The van der Waals surface area contributed by atoms with Gasteiger partial charge in [0.15, 0.2) is 6.61 Å². The minimum absolute atomic E-state index is 0. The van der Waals surface area contributed by atoms with Gasteiger partial charge in [0.25, 0.3) is 5.91 Å². The van der Waals surface area contributed by atoms with Crippen molar-refractivity contribution in [3.05, 3.63) is 40.8 Å². The quantitative estimate of drug-likeness (QED) is 0.709. The number of unbranched alkanes of at least 4 members (excludes halogenated alkanes) is 1. The zero-order chi connectivity index (χ0) is 16.7. The molecule has 3 N–H and O–H groups in total. The van der Waals surface area contributed by atoms with Crippen LogP contribution in [0, 0.1) is 0 Å². The lowest BCUT2D eigenvalue weighted by Gasteiger charge is -2.16. The molecule has 2 aromatic rings. The molecule has 0 aliphatic rings.